The Morgan fingerprint density at radius 2 is 1.86 bits per heavy atom. The summed E-state index contributed by atoms with van der Waals surface area (Å²) in [4.78, 5) is 9.78. The first-order valence-electron chi connectivity index (χ1n) is 5.59. The average molecular weight is 345 g/mol. The molecule has 0 heterocycles. The van der Waals surface area contributed by atoms with Gasteiger partial charge in [-0.05, 0) is 25.1 Å². The summed E-state index contributed by atoms with van der Waals surface area (Å²) in [7, 11) is -4.49. The Morgan fingerprint density at radius 3 is 2.27 bits per heavy atom. The van der Waals surface area contributed by atoms with E-state index in [0.29, 0.717) is 6.07 Å². The van der Waals surface area contributed by atoms with Crippen LogP contribution in [-0.2, 0) is 21.0 Å². The van der Waals surface area contributed by atoms with E-state index in [9.17, 15) is 35.9 Å². The van der Waals surface area contributed by atoms with Gasteiger partial charge in [-0.1, -0.05) is 0 Å². The third-order valence-corrected chi connectivity index (χ3v) is 4.02. The van der Waals surface area contributed by atoms with Crippen LogP contribution in [-0.4, -0.2) is 36.7 Å². The maximum absolute atomic E-state index is 13.3. The van der Waals surface area contributed by atoms with E-state index < -0.39 is 50.6 Å². The standard InChI is InChI=1S/C11H11F4NO5S/c1-10(19,9(17)18)5-16-22(20,21)6-2-3-7(8(12)4-6)11(13,14)15/h2-4,16,19H,5H2,1H3,(H,17,18). The molecule has 0 aliphatic heterocycles. The van der Waals surface area contributed by atoms with Gasteiger partial charge in [-0.3, -0.25) is 0 Å². The lowest BCUT2D eigenvalue weighted by Crippen LogP contribution is -2.46. The molecular weight excluding hydrogens is 334 g/mol. The van der Waals surface area contributed by atoms with Gasteiger partial charge >= 0.3 is 12.1 Å². The van der Waals surface area contributed by atoms with Crippen molar-refractivity contribution in [2.24, 2.45) is 0 Å². The third-order valence-electron chi connectivity index (χ3n) is 2.62. The van der Waals surface area contributed by atoms with E-state index >= 15 is 0 Å². The van der Waals surface area contributed by atoms with Crippen LogP contribution in [0.4, 0.5) is 17.6 Å². The minimum atomic E-state index is -4.98. The van der Waals surface area contributed by atoms with Gasteiger partial charge in [0.2, 0.25) is 10.0 Å². The predicted octanol–water partition coefficient (Wildman–Crippen LogP) is 0.958. The van der Waals surface area contributed by atoms with Crippen LogP contribution in [0.15, 0.2) is 23.1 Å². The van der Waals surface area contributed by atoms with E-state index in [1.807, 2.05) is 0 Å². The molecule has 0 radical (unpaired) electrons. The number of carboxylic acid groups (broad SMARTS) is 1. The van der Waals surface area contributed by atoms with Crippen LogP contribution in [0.1, 0.15) is 12.5 Å². The summed E-state index contributed by atoms with van der Waals surface area (Å²) in [5.41, 5.74) is -4.07. The molecule has 6 nitrogen and oxygen atoms in total. The molecule has 1 unspecified atom stereocenters. The molecule has 124 valence electrons. The molecule has 1 aromatic rings. The number of hydrogen-bond acceptors (Lipinski definition) is 4. The number of carbonyl (C=O) groups is 1. The highest BCUT2D eigenvalue weighted by molar-refractivity contribution is 7.89. The van der Waals surface area contributed by atoms with Crippen molar-refractivity contribution in [3.63, 3.8) is 0 Å². The van der Waals surface area contributed by atoms with Crippen LogP contribution in [0, 0.1) is 5.82 Å². The number of rotatable bonds is 5. The van der Waals surface area contributed by atoms with E-state index in [-0.39, 0.29) is 12.1 Å². The van der Waals surface area contributed by atoms with Gasteiger partial charge in [-0.2, -0.15) is 13.2 Å². The number of aliphatic hydroxyl groups is 1. The summed E-state index contributed by atoms with van der Waals surface area (Å²) >= 11 is 0. The lowest BCUT2D eigenvalue weighted by atomic mass is 10.1. The molecule has 0 aromatic heterocycles. The highest BCUT2D eigenvalue weighted by Crippen LogP contribution is 2.32. The quantitative estimate of drug-likeness (QED) is 0.690. The Morgan fingerprint density at radius 1 is 1.32 bits per heavy atom. The second-order valence-corrected chi connectivity index (χ2v) is 6.31. The minimum Gasteiger partial charge on any atom is -0.479 e. The summed E-state index contributed by atoms with van der Waals surface area (Å²) in [5.74, 6) is -3.51. The van der Waals surface area contributed by atoms with Gasteiger partial charge in [0.1, 0.15) is 5.82 Å². The fourth-order valence-electron chi connectivity index (χ4n) is 1.29. The lowest BCUT2D eigenvalue weighted by molar-refractivity contribution is -0.155. The summed E-state index contributed by atoms with van der Waals surface area (Å²) in [6, 6.07) is 0.920. The first-order chi connectivity index (χ1) is 9.77. The molecule has 0 saturated heterocycles. The summed E-state index contributed by atoms with van der Waals surface area (Å²) in [5, 5.41) is 18.0. The average Bonchev–Trinajstić information content (AvgIpc) is 2.35. The molecule has 0 aliphatic carbocycles. The van der Waals surface area contributed by atoms with Crippen molar-refractivity contribution in [3.8, 4) is 0 Å². The van der Waals surface area contributed by atoms with E-state index in [2.05, 4.69) is 0 Å². The molecule has 1 aromatic carbocycles. The monoisotopic (exact) mass is 345 g/mol. The molecule has 11 heteroatoms. The van der Waals surface area contributed by atoms with Crippen LogP contribution in [0.25, 0.3) is 0 Å². The van der Waals surface area contributed by atoms with Gasteiger partial charge in [0.15, 0.2) is 5.60 Å². The van der Waals surface area contributed by atoms with Crippen LogP contribution >= 0.6 is 0 Å². The largest absolute Gasteiger partial charge is 0.479 e. The van der Waals surface area contributed by atoms with Crippen molar-refractivity contribution in [2.45, 2.75) is 23.6 Å². The fraction of sp³-hybridized carbons (Fsp3) is 0.364. The van der Waals surface area contributed by atoms with Gasteiger partial charge in [0.25, 0.3) is 0 Å². The Hall–Kier alpha value is -1.72. The number of alkyl halides is 3. The summed E-state index contributed by atoms with van der Waals surface area (Å²) in [6.45, 7) is -0.140. The molecule has 3 N–H and O–H groups in total. The normalized spacial score (nSPS) is 15.4. The Bertz CT molecular complexity index is 684. The van der Waals surface area contributed by atoms with Crippen molar-refractivity contribution in [3.05, 3.63) is 29.6 Å². The van der Waals surface area contributed by atoms with Crippen LogP contribution in [0.2, 0.25) is 0 Å². The number of hydrogen-bond donors (Lipinski definition) is 3. The molecular formula is C11H11F4NO5S. The number of carboxylic acids is 1. The minimum absolute atomic E-state index is 0.153. The number of halogens is 4. The maximum atomic E-state index is 13.3. The second kappa shape index (κ2) is 5.82. The maximum Gasteiger partial charge on any atom is 0.419 e. The zero-order chi connectivity index (χ0) is 17.3. The van der Waals surface area contributed by atoms with Gasteiger partial charge in [0.05, 0.1) is 17.0 Å². The van der Waals surface area contributed by atoms with Gasteiger partial charge in [-0.25, -0.2) is 22.3 Å². The third kappa shape index (κ3) is 4.15. The number of sulfonamides is 1. The fourth-order valence-corrected chi connectivity index (χ4v) is 2.43. The smallest absolute Gasteiger partial charge is 0.419 e. The van der Waals surface area contributed by atoms with E-state index in [4.69, 9.17) is 5.11 Å². The molecule has 0 fully saturated rings. The first-order valence-corrected chi connectivity index (χ1v) is 7.08. The van der Waals surface area contributed by atoms with Gasteiger partial charge < -0.3 is 10.2 Å². The Kier molecular flexibility index (Phi) is 4.85. The van der Waals surface area contributed by atoms with Crippen LogP contribution in [0.5, 0.6) is 0 Å². The van der Waals surface area contributed by atoms with Crippen molar-refractivity contribution < 1.29 is 41.0 Å². The van der Waals surface area contributed by atoms with Gasteiger partial charge in [-0.15, -0.1) is 0 Å². The summed E-state index contributed by atoms with van der Waals surface area (Å²) in [6.07, 6.45) is -4.98. The van der Waals surface area contributed by atoms with Crippen molar-refractivity contribution in [2.75, 3.05) is 6.54 Å². The van der Waals surface area contributed by atoms with Crippen molar-refractivity contribution in [1.82, 2.24) is 4.72 Å². The van der Waals surface area contributed by atoms with E-state index in [1.54, 1.807) is 4.72 Å². The molecule has 1 rings (SSSR count). The molecule has 0 amide bonds. The predicted molar refractivity (Wildman–Crippen MR) is 64.9 cm³/mol. The summed E-state index contributed by atoms with van der Waals surface area (Å²) < 4.78 is 75.6. The van der Waals surface area contributed by atoms with Crippen LogP contribution in [0.3, 0.4) is 0 Å². The van der Waals surface area contributed by atoms with Gasteiger partial charge in [0, 0.05) is 0 Å². The van der Waals surface area contributed by atoms with Crippen molar-refractivity contribution in [1.29, 1.82) is 0 Å². The zero-order valence-electron chi connectivity index (χ0n) is 11.0. The molecule has 1 atom stereocenters. The molecule has 0 aliphatic rings. The Labute approximate surface area is 122 Å². The number of nitrogens with one attached hydrogen (secondary N) is 1. The molecule has 0 saturated carbocycles. The number of benzene rings is 1. The lowest BCUT2D eigenvalue weighted by Gasteiger charge is -2.18. The SMILES string of the molecule is CC(O)(CNS(=O)(=O)c1ccc(C(F)(F)F)c(F)c1)C(=O)O. The topological polar surface area (TPSA) is 104 Å². The second-order valence-electron chi connectivity index (χ2n) is 4.54. The number of aliphatic carboxylic acids is 1. The molecule has 0 spiro atoms. The molecule has 0 bridgehead atoms. The first kappa shape index (κ1) is 18.3. The molecule has 22 heavy (non-hydrogen) atoms. The highest BCUT2D eigenvalue weighted by atomic mass is 32.2. The zero-order valence-corrected chi connectivity index (χ0v) is 11.8. The van der Waals surface area contributed by atoms with Crippen LogP contribution < -0.4 is 4.72 Å². The van der Waals surface area contributed by atoms with Crippen molar-refractivity contribution >= 4 is 16.0 Å². The van der Waals surface area contributed by atoms with E-state index in [1.165, 1.54) is 0 Å². The van der Waals surface area contributed by atoms with E-state index in [0.717, 1.165) is 6.92 Å². The Balaban J connectivity index is 3.05. The highest BCUT2D eigenvalue weighted by Gasteiger charge is 2.35.